The standard InChI is InChI=1S/C18H18N4/c1-12-6-7-13-4-2-3-5-14(13)17(12)21-16-9-8-15-18(22-16)20-11-10-19-15/h2-5,8-12,17H,6-7H2,1H3,(H,20,21,22)/t12-,17+/m0/s1. The van der Waals surface area contributed by atoms with E-state index in [2.05, 4.69) is 51.5 Å². The maximum absolute atomic E-state index is 4.59. The molecule has 1 aliphatic carbocycles. The van der Waals surface area contributed by atoms with Crippen LogP contribution in [0, 0.1) is 5.92 Å². The Bertz CT molecular complexity index is 815. The van der Waals surface area contributed by atoms with E-state index < -0.39 is 0 Å². The SMILES string of the molecule is C[C@H]1CCc2ccccc2[C@@H]1Nc1ccc2nccnc2n1. The molecular formula is C18H18N4. The molecule has 0 unspecified atom stereocenters. The van der Waals surface area contributed by atoms with Gasteiger partial charge in [0, 0.05) is 12.4 Å². The second-order valence-electron chi connectivity index (χ2n) is 5.93. The summed E-state index contributed by atoms with van der Waals surface area (Å²) in [6.45, 7) is 2.30. The number of nitrogens with one attached hydrogen (secondary N) is 1. The zero-order valence-corrected chi connectivity index (χ0v) is 12.5. The summed E-state index contributed by atoms with van der Waals surface area (Å²) in [4.78, 5) is 13.1. The molecule has 0 aliphatic heterocycles. The van der Waals surface area contributed by atoms with E-state index in [0.29, 0.717) is 17.6 Å². The Morgan fingerprint density at radius 1 is 1.05 bits per heavy atom. The van der Waals surface area contributed by atoms with Crippen molar-refractivity contribution < 1.29 is 0 Å². The van der Waals surface area contributed by atoms with Gasteiger partial charge >= 0.3 is 0 Å². The topological polar surface area (TPSA) is 50.7 Å². The zero-order chi connectivity index (χ0) is 14.9. The van der Waals surface area contributed by atoms with Crippen molar-refractivity contribution >= 4 is 17.0 Å². The van der Waals surface area contributed by atoms with Crippen LogP contribution in [0.5, 0.6) is 0 Å². The summed E-state index contributed by atoms with van der Waals surface area (Å²) < 4.78 is 0. The minimum atomic E-state index is 0.298. The van der Waals surface area contributed by atoms with Gasteiger partial charge in [0.25, 0.3) is 0 Å². The summed E-state index contributed by atoms with van der Waals surface area (Å²) in [5.74, 6) is 1.44. The van der Waals surface area contributed by atoms with E-state index >= 15 is 0 Å². The van der Waals surface area contributed by atoms with Crippen molar-refractivity contribution in [2.75, 3.05) is 5.32 Å². The highest BCUT2D eigenvalue weighted by Crippen LogP contribution is 2.36. The lowest BCUT2D eigenvalue weighted by atomic mass is 9.81. The molecule has 0 saturated heterocycles. The molecule has 0 spiro atoms. The summed E-state index contributed by atoms with van der Waals surface area (Å²) in [6, 6.07) is 12.9. The van der Waals surface area contributed by atoms with E-state index in [0.717, 1.165) is 17.8 Å². The first kappa shape index (κ1) is 13.2. The van der Waals surface area contributed by atoms with Gasteiger partial charge in [-0.3, -0.25) is 4.98 Å². The normalized spacial score (nSPS) is 20.6. The highest BCUT2D eigenvalue weighted by atomic mass is 15.0. The molecule has 1 aliphatic rings. The minimum Gasteiger partial charge on any atom is -0.363 e. The van der Waals surface area contributed by atoms with Crippen LogP contribution < -0.4 is 5.32 Å². The number of pyridine rings is 1. The Morgan fingerprint density at radius 2 is 1.91 bits per heavy atom. The summed E-state index contributed by atoms with van der Waals surface area (Å²) in [5, 5.41) is 3.60. The number of rotatable bonds is 2. The largest absolute Gasteiger partial charge is 0.363 e. The molecule has 2 heterocycles. The van der Waals surface area contributed by atoms with E-state index in [1.807, 2.05) is 12.1 Å². The van der Waals surface area contributed by atoms with Crippen molar-refractivity contribution in [3.05, 3.63) is 59.9 Å². The molecule has 4 nitrogen and oxygen atoms in total. The monoisotopic (exact) mass is 290 g/mol. The molecule has 0 radical (unpaired) electrons. The van der Waals surface area contributed by atoms with E-state index in [4.69, 9.17) is 0 Å². The van der Waals surface area contributed by atoms with Crippen molar-refractivity contribution in [1.29, 1.82) is 0 Å². The predicted molar refractivity (Wildman–Crippen MR) is 87.6 cm³/mol. The minimum absolute atomic E-state index is 0.298. The molecule has 0 amide bonds. The lowest BCUT2D eigenvalue weighted by Gasteiger charge is -2.32. The van der Waals surface area contributed by atoms with Gasteiger partial charge in [0.2, 0.25) is 0 Å². The quantitative estimate of drug-likeness (QED) is 0.780. The van der Waals surface area contributed by atoms with Gasteiger partial charge in [-0.1, -0.05) is 31.2 Å². The Balaban J connectivity index is 1.69. The van der Waals surface area contributed by atoms with Gasteiger partial charge in [-0.05, 0) is 42.0 Å². The van der Waals surface area contributed by atoms with Crippen molar-refractivity contribution in [3.63, 3.8) is 0 Å². The fraction of sp³-hybridized carbons (Fsp3) is 0.278. The molecular weight excluding hydrogens is 272 g/mol. The van der Waals surface area contributed by atoms with Gasteiger partial charge in [-0.2, -0.15) is 0 Å². The van der Waals surface area contributed by atoms with Crippen LogP contribution in [0.2, 0.25) is 0 Å². The number of aromatic nitrogens is 3. The van der Waals surface area contributed by atoms with Crippen molar-refractivity contribution in [1.82, 2.24) is 15.0 Å². The number of hydrogen-bond donors (Lipinski definition) is 1. The Morgan fingerprint density at radius 3 is 2.86 bits per heavy atom. The number of nitrogens with zero attached hydrogens (tertiary/aromatic N) is 3. The Hall–Kier alpha value is -2.49. The fourth-order valence-corrected chi connectivity index (χ4v) is 3.24. The van der Waals surface area contributed by atoms with Gasteiger partial charge in [-0.15, -0.1) is 0 Å². The van der Waals surface area contributed by atoms with Gasteiger partial charge in [0.05, 0.1) is 6.04 Å². The molecule has 0 bridgehead atoms. The van der Waals surface area contributed by atoms with Crippen LogP contribution in [0.25, 0.3) is 11.2 Å². The van der Waals surface area contributed by atoms with Gasteiger partial charge in [0.1, 0.15) is 11.3 Å². The molecule has 4 rings (SSSR count). The Kier molecular flexibility index (Phi) is 3.22. The van der Waals surface area contributed by atoms with Crippen LogP contribution in [0.15, 0.2) is 48.8 Å². The second kappa shape index (κ2) is 5.37. The molecule has 3 aromatic rings. The number of anilines is 1. The zero-order valence-electron chi connectivity index (χ0n) is 12.5. The third-order valence-electron chi connectivity index (χ3n) is 4.46. The highest BCUT2D eigenvalue weighted by Gasteiger charge is 2.26. The van der Waals surface area contributed by atoms with Crippen molar-refractivity contribution in [3.8, 4) is 0 Å². The first-order valence-electron chi connectivity index (χ1n) is 7.73. The average molecular weight is 290 g/mol. The summed E-state index contributed by atoms with van der Waals surface area (Å²) >= 11 is 0. The lowest BCUT2D eigenvalue weighted by Crippen LogP contribution is -2.25. The molecule has 2 aromatic heterocycles. The first-order chi connectivity index (χ1) is 10.8. The van der Waals surface area contributed by atoms with Crippen molar-refractivity contribution in [2.45, 2.75) is 25.8 Å². The number of aryl methyl sites for hydroxylation is 1. The van der Waals surface area contributed by atoms with Crippen LogP contribution in [0.4, 0.5) is 5.82 Å². The lowest BCUT2D eigenvalue weighted by molar-refractivity contribution is 0.433. The average Bonchev–Trinajstić information content (AvgIpc) is 2.57. The predicted octanol–water partition coefficient (Wildman–Crippen LogP) is 3.76. The van der Waals surface area contributed by atoms with Crippen LogP contribution in [-0.4, -0.2) is 15.0 Å². The maximum Gasteiger partial charge on any atom is 0.180 e. The molecule has 2 atom stereocenters. The third-order valence-corrected chi connectivity index (χ3v) is 4.46. The number of fused-ring (bicyclic) bond motifs is 2. The summed E-state index contributed by atoms with van der Waals surface area (Å²) in [6.07, 6.45) is 5.72. The van der Waals surface area contributed by atoms with Crippen LogP contribution in [-0.2, 0) is 6.42 Å². The van der Waals surface area contributed by atoms with Crippen LogP contribution in [0.3, 0.4) is 0 Å². The molecule has 1 aromatic carbocycles. The smallest absolute Gasteiger partial charge is 0.180 e. The summed E-state index contributed by atoms with van der Waals surface area (Å²) in [7, 11) is 0. The van der Waals surface area contributed by atoms with Crippen molar-refractivity contribution in [2.24, 2.45) is 5.92 Å². The molecule has 22 heavy (non-hydrogen) atoms. The van der Waals surface area contributed by atoms with Crippen LogP contribution >= 0.6 is 0 Å². The number of benzene rings is 1. The first-order valence-corrected chi connectivity index (χ1v) is 7.73. The maximum atomic E-state index is 4.59. The molecule has 110 valence electrons. The summed E-state index contributed by atoms with van der Waals surface area (Å²) in [5.41, 5.74) is 4.34. The molecule has 0 saturated carbocycles. The van der Waals surface area contributed by atoms with Gasteiger partial charge in [-0.25, -0.2) is 9.97 Å². The third kappa shape index (κ3) is 2.30. The van der Waals surface area contributed by atoms with Gasteiger partial charge in [0.15, 0.2) is 5.65 Å². The van der Waals surface area contributed by atoms with E-state index in [1.54, 1.807) is 12.4 Å². The second-order valence-corrected chi connectivity index (χ2v) is 5.93. The molecule has 0 fully saturated rings. The Labute approximate surface area is 129 Å². The van der Waals surface area contributed by atoms with Crippen LogP contribution in [0.1, 0.15) is 30.5 Å². The van der Waals surface area contributed by atoms with E-state index in [1.165, 1.54) is 17.5 Å². The van der Waals surface area contributed by atoms with Gasteiger partial charge < -0.3 is 5.32 Å². The number of hydrogen-bond acceptors (Lipinski definition) is 4. The fourth-order valence-electron chi connectivity index (χ4n) is 3.24. The highest BCUT2D eigenvalue weighted by molar-refractivity contribution is 5.71. The van der Waals surface area contributed by atoms with E-state index in [-0.39, 0.29) is 0 Å². The molecule has 4 heteroatoms. The van der Waals surface area contributed by atoms with E-state index in [9.17, 15) is 0 Å². The molecule has 1 N–H and O–H groups in total.